The Hall–Kier alpha value is -3.51. The molecule has 3 aromatic carbocycles. The number of carbonyl (C=O) groups is 1. The van der Waals surface area contributed by atoms with E-state index in [0.717, 1.165) is 47.5 Å². The molecule has 1 heterocycles. The van der Waals surface area contributed by atoms with Crippen LogP contribution in [0.15, 0.2) is 66.7 Å². The van der Waals surface area contributed by atoms with Gasteiger partial charge in [0, 0.05) is 29.9 Å². The Bertz CT molecular complexity index is 1100. The smallest absolute Gasteiger partial charge is 0.228 e. The molecule has 4 rings (SSSR count). The molecule has 1 aliphatic heterocycles. The predicted molar refractivity (Wildman–Crippen MR) is 130 cm³/mol. The number of likely N-dealkylation sites (tertiary alicyclic amines) is 1. The maximum absolute atomic E-state index is 13.2. The van der Waals surface area contributed by atoms with E-state index in [4.69, 9.17) is 9.47 Å². The van der Waals surface area contributed by atoms with Crippen LogP contribution in [0, 0.1) is 5.92 Å². The van der Waals surface area contributed by atoms with Crippen LogP contribution in [-0.2, 0) is 11.3 Å². The van der Waals surface area contributed by atoms with Crippen LogP contribution < -0.4 is 14.8 Å². The molecule has 3 aromatic rings. The minimum absolute atomic E-state index is 0.0184. The van der Waals surface area contributed by atoms with Gasteiger partial charge in [-0.3, -0.25) is 9.69 Å². The van der Waals surface area contributed by atoms with E-state index in [-0.39, 0.29) is 17.6 Å². The van der Waals surface area contributed by atoms with Gasteiger partial charge in [-0.25, -0.2) is 0 Å². The summed E-state index contributed by atoms with van der Waals surface area (Å²) >= 11 is 0. The van der Waals surface area contributed by atoms with Crippen molar-refractivity contribution in [2.24, 2.45) is 5.92 Å². The minimum Gasteiger partial charge on any atom is -0.507 e. The second-order valence-corrected chi connectivity index (χ2v) is 8.30. The second kappa shape index (κ2) is 10.4. The summed E-state index contributed by atoms with van der Waals surface area (Å²) in [7, 11) is 3.25. The number of anilines is 1. The molecule has 172 valence electrons. The molecule has 1 atom stereocenters. The van der Waals surface area contributed by atoms with Gasteiger partial charge in [-0.1, -0.05) is 36.4 Å². The van der Waals surface area contributed by atoms with Crippen molar-refractivity contribution in [3.05, 3.63) is 72.3 Å². The number of rotatable bonds is 7. The summed E-state index contributed by atoms with van der Waals surface area (Å²) in [5, 5.41) is 13.5. The normalized spacial score (nSPS) is 16.2. The van der Waals surface area contributed by atoms with Crippen LogP contribution in [0.1, 0.15) is 18.4 Å². The number of ether oxygens (including phenoxy) is 2. The van der Waals surface area contributed by atoms with Crippen molar-refractivity contribution in [3.63, 3.8) is 0 Å². The van der Waals surface area contributed by atoms with Gasteiger partial charge in [0.05, 0.1) is 20.1 Å². The third kappa shape index (κ3) is 5.29. The Morgan fingerprint density at radius 2 is 1.82 bits per heavy atom. The van der Waals surface area contributed by atoms with Crippen molar-refractivity contribution >= 4 is 11.6 Å². The molecule has 0 radical (unpaired) electrons. The number of phenolic OH excluding ortho intramolecular Hbond substituents is 1. The second-order valence-electron chi connectivity index (χ2n) is 8.30. The fraction of sp³-hybridized carbons (Fsp3) is 0.296. The van der Waals surface area contributed by atoms with E-state index in [1.807, 2.05) is 54.6 Å². The highest BCUT2D eigenvalue weighted by molar-refractivity contribution is 5.97. The molecule has 0 saturated carbocycles. The standard InChI is InChI=1S/C27H30N2O4/c1-32-21-14-12-19(13-15-21)22-8-3-4-9-24(22)28-27(31)20-7-6-16-29(17-20)18-23-25(30)10-5-11-26(23)33-2/h3-5,8-15,20,30H,6-7,16-18H2,1-2H3,(H,28,31)/t20-/m0/s1. The molecule has 0 aliphatic carbocycles. The average molecular weight is 447 g/mol. The number of benzene rings is 3. The van der Waals surface area contributed by atoms with Crippen LogP contribution in [0.2, 0.25) is 0 Å². The molecule has 33 heavy (non-hydrogen) atoms. The van der Waals surface area contributed by atoms with E-state index in [0.29, 0.717) is 18.8 Å². The fourth-order valence-corrected chi connectivity index (χ4v) is 4.39. The van der Waals surface area contributed by atoms with Gasteiger partial charge in [-0.2, -0.15) is 0 Å². The van der Waals surface area contributed by atoms with Gasteiger partial charge in [-0.15, -0.1) is 0 Å². The number of methoxy groups -OCH3 is 2. The lowest BCUT2D eigenvalue weighted by molar-refractivity contribution is -0.121. The van der Waals surface area contributed by atoms with Gasteiger partial charge in [0.15, 0.2) is 0 Å². The van der Waals surface area contributed by atoms with Gasteiger partial charge in [-0.05, 0) is 55.3 Å². The van der Waals surface area contributed by atoms with Gasteiger partial charge < -0.3 is 19.9 Å². The predicted octanol–water partition coefficient (Wildman–Crippen LogP) is 4.93. The summed E-state index contributed by atoms with van der Waals surface area (Å²) in [6, 6.07) is 20.9. The van der Waals surface area contributed by atoms with E-state index in [1.165, 1.54) is 0 Å². The van der Waals surface area contributed by atoms with Crippen LogP contribution in [-0.4, -0.2) is 43.2 Å². The Kier molecular flexibility index (Phi) is 7.15. The molecule has 0 unspecified atom stereocenters. The molecule has 2 N–H and O–H groups in total. The lowest BCUT2D eigenvalue weighted by Gasteiger charge is -2.32. The summed E-state index contributed by atoms with van der Waals surface area (Å²) in [6.45, 7) is 2.06. The van der Waals surface area contributed by atoms with Crippen LogP contribution >= 0.6 is 0 Å². The number of nitrogens with one attached hydrogen (secondary N) is 1. The summed E-state index contributed by atoms with van der Waals surface area (Å²) < 4.78 is 10.7. The van der Waals surface area contributed by atoms with E-state index >= 15 is 0 Å². The molecule has 0 spiro atoms. The zero-order valence-corrected chi connectivity index (χ0v) is 19.1. The number of carbonyl (C=O) groups excluding carboxylic acids is 1. The van der Waals surface area contributed by atoms with Gasteiger partial charge in [0.1, 0.15) is 17.2 Å². The van der Waals surface area contributed by atoms with Crippen molar-refractivity contribution in [2.45, 2.75) is 19.4 Å². The molecular weight excluding hydrogens is 416 g/mol. The molecule has 1 amide bonds. The first-order valence-electron chi connectivity index (χ1n) is 11.2. The fourth-order valence-electron chi connectivity index (χ4n) is 4.39. The van der Waals surface area contributed by atoms with E-state index in [2.05, 4.69) is 10.2 Å². The third-order valence-electron chi connectivity index (χ3n) is 6.17. The first-order chi connectivity index (χ1) is 16.1. The number of amides is 1. The maximum atomic E-state index is 13.2. The lowest BCUT2D eigenvalue weighted by atomic mass is 9.95. The first kappa shape index (κ1) is 22.7. The molecule has 6 nitrogen and oxygen atoms in total. The number of hydrogen-bond acceptors (Lipinski definition) is 5. The zero-order valence-electron chi connectivity index (χ0n) is 19.1. The quantitative estimate of drug-likeness (QED) is 0.539. The van der Waals surface area contributed by atoms with Gasteiger partial charge >= 0.3 is 0 Å². The largest absolute Gasteiger partial charge is 0.507 e. The maximum Gasteiger partial charge on any atom is 0.228 e. The molecule has 0 bridgehead atoms. The van der Waals surface area contributed by atoms with Crippen LogP contribution in [0.4, 0.5) is 5.69 Å². The highest BCUT2D eigenvalue weighted by Crippen LogP contribution is 2.32. The average Bonchev–Trinajstić information content (AvgIpc) is 2.86. The highest BCUT2D eigenvalue weighted by Gasteiger charge is 2.27. The summed E-state index contributed by atoms with van der Waals surface area (Å²) in [5.74, 6) is 1.57. The minimum atomic E-state index is -0.125. The van der Waals surface area contributed by atoms with Crippen LogP contribution in [0.3, 0.4) is 0 Å². The van der Waals surface area contributed by atoms with Crippen molar-refractivity contribution in [1.29, 1.82) is 0 Å². The van der Waals surface area contributed by atoms with Crippen LogP contribution in [0.5, 0.6) is 17.2 Å². The zero-order chi connectivity index (χ0) is 23.2. The van der Waals surface area contributed by atoms with Crippen molar-refractivity contribution < 1.29 is 19.4 Å². The number of para-hydroxylation sites is 1. The van der Waals surface area contributed by atoms with Crippen LogP contribution in [0.25, 0.3) is 11.1 Å². The monoisotopic (exact) mass is 446 g/mol. The Labute approximate surface area is 194 Å². The molecule has 1 fully saturated rings. The van der Waals surface area contributed by atoms with E-state index < -0.39 is 0 Å². The molecule has 6 heteroatoms. The first-order valence-corrected chi connectivity index (χ1v) is 11.2. The van der Waals surface area contributed by atoms with Gasteiger partial charge in [0.2, 0.25) is 5.91 Å². The molecular formula is C27H30N2O4. The summed E-state index contributed by atoms with van der Waals surface area (Å²) in [6.07, 6.45) is 1.76. The van der Waals surface area contributed by atoms with Crippen molar-refractivity contribution in [2.75, 3.05) is 32.6 Å². The number of aromatic hydroxyl groups is 1. The molecule has 1 aliphatic rings. The Balaban J connectivity index is 1.46. The lowest BCUT2D eigenvalue weighted by Crippen LogP contribution is -2.40. The topological polar surface area (TPSA) is 71.0 Å². The SMILES string of the molecule is COc1ccc(-c2ccccc2NC(=O)[C@H]2CCCN(Cc3c(O)cccc3OC)C2)cc1. The highest BCUT2D eigenvalue weighted by atomic mass is 16.5. The van der Waals surface area contributed by atoms with Crippen molar-refractivity contribution in [1.82, 2.24) is 4.90 Å². The van der Waals surface area contributed by atoms with Gasteiger partial charge in [0.25, 0.3) is 0 Å². The molecule has 1 saturated heterocycles. The van der Waals surface area contributed by atoms with E-state index in [1.54, 1.807) is 26.4 Å². The summed E-state index contributed by atoms with van der Waals surface area (Å²) in [5.41, 5.74) is 3.54. The summed E-state index contributed by atoms with van der Waals surface area (Å²) in [4.78, 5) is 15.4. The van der Waals surface area contributed by atoms with E-state index in [9.17, 15) is 9.90 Å². The molecule has 0 aromatic heterocycles. The number of piperidine rings is 1. The Morgan fingerprint density at radius 3 is 2.58 bits per heavy atom. The third-order valence-corrected chi connectivity index (χ3v) is 6.17. The number of hydrogen-bond donors (Lipinski definition) is 2. The van der Waals surface area contributed by atoms with Crippen molar-refractivity contribution in [3.8, 4) is 28.4 Å². The number of phenols is 1. The Morgan fingerprint density at radius 1 is 1.03 bits per heavy atom. The number of nitrogens with zero attached hydrogens (tertiary/aromatic N) is 1.